The topological polar surface area (TPSA) is 31.4 Å². The number of anilines is 1. The van der Waals surface area contributed by atoms with Gasteiger partial charge in [-0.25, -0.2) is 4.98 Å². The highest BCUT2D eigenvalue weighted by Gasteiger charge is 2.14. The fourth-order valence-corrected chi connectivity index (χ4v) is 3.22. The first kappa shape index (κ1) is 17.4. The summed E-state index contributed by atoms with van der Waals surface area (Å²) in [4.78, 5) is 10.9. The standard InChI is InChI=1S/C15H30N4S/c1-6-9-19(11-10-18(4)5)15-17-13(7-2)14(20-15)12-16-8-3/h16H,6-12H2,1-5H3. The van der Waals surface area contributed by atoms with Crippen LogP contribution in [0.15, 0.2) is 0 Å². The maximum absolute atomic E-state index is 4.86. The minimum absolute atomic E-state index is 0.949. The van der Waals surface area contributed by atoms with Gasteiger partial charge < -0.3 is 15.1 Å². The van der Waals surface area contributed by atoms with Crippen LogP contribution in [0.5, 0.6) is 0 Å². The lowest BCUT2D eigenvalue weighted by Gasteiger charge is -2.23. The van der Waals surface area contributed by atoms with E-state index in [-0.39, 0.29) is 0 Å². The SMILES string of the molecule is CCCN(CCN(C)C)c1nc(CC)c(CNCC)s1. The molecule has 0 aliphatic rings. The van der Waals surface area contributed by atoms with Crippen LogP contribution in [0.3, 0.4) is 0 Å². The van der Waals surface area contributed by atoms with E-state index in [4.69, 9.17) is 4.98 Å². The van der Waals surface area contributed by atoms with Gasteiger partial charge in [-0.15, -0.1) is 11.3 Å². The Morgan fingerprint density at radius 2 is 1.85 bits per heavy atom. The first-order valence-corrected chi connectivity index (χ1v) is 8.52. The lowest BCUT2D eigenvalue weighted by molar-refractivity contribution is 0.413. The quantitative estimate of drug-likeness (QED) is 0.719. The number of aryl methyl sites for hydroxylation is 1. The lowest BCUT2D eigenvalue weighted by Crippen LogP contribution is -2.32. The molecule has 0 fully saturated rings. The third-order valence-corrected chi connectivity index (χ3v) is 4.38. The Morgan fingerprint density at radius 3 is 2.40 bits per heavy atom. The Labute approximate surface area is 128 Å². The highest BCUT2D eigenvalue weighted by atomic mass is 32.1. The molecule has 0 spiro atoms. The number of thiazole rings is 1. The molecule has 5 heteroatoms. The molecule has 1 heterocycles. The largest absolute Gasteiger partial charge is 0.347 e. The van der Waals surface area contributed by atoms with Gasteiger partial charge in [0.05, 0.1) is 5.69 Å². The Kier molecular flexibility index (Phi) is 8.11. The summed E-state index contributed by atoms with van der Waals surface area (Å²) in [6.07, 6.45) is 2.18. The molecular weight excluding hydrogens is 268 g/mol. The molecular formula is C15H30N4S. The molecule has 116 valence electrons. The minimum atomic E-state index is 0.949. The summed E-state index contributed by atoms with van der Waals surface area (Å²) in [5.74, 6) is 0. The van der Waals surface area contributed by atoms with Crippen LogP contribution in [0.1, 0.15) is 37.8 Å². The molecule has 4 nitrogen and oxygen atoms in total. The van der Waals surface area contributed by atoms with Crippen molar-refractivity contribution in [3.63, 3.8) is 0 Å². The van der Waals surface area contributed by atoms with Crippen LogP contribution >= 0.6 is 11.3 Å². The molecule has 0 aliphatic carbocycles. The van der Waals surface area contributed by atoms with E-state index in [1.54, 1.807) is 0 Å². The molecule has 0 amide bonds. The van der Waals surface area contributed by atoms with Gasteiger partial charge in [-0.2, -0.15) is 0 Å². The molecule has 0 saturated heterocycles. The van der Waals surface area contributed by atoms with E-state index in [9.17, 15) is 0 Å². The fourth-order valence-electron chi connectivity index (χ4n) is 2.05. The maximum Gasteiger partial charge on any atom is 0.185 e. The van der Waals surface area contributed by atoms with E-state index in [0.29, 0.717) is 0 Å². The first-order valence-electron chi connectivity index (χ1n) is 7.71. The number of rotatable bonds is 10. The summed E-state index contributed by atoms with van der Waals surface area (Å²) in [5.41, 5.74) is 1.26. The van der Waals surface area contributed by atoms with E-state index < -0.39 is 0 Å². The second kappa shape index (κ2) is 9.32. The number of nitrogens with one attached hydrogen (secondary N) is 1. The Bertz CT molecular complexity index is 376. The summed E-state index contributed by atoms with van der Waals surface area (Å²) in [5, 5.41) is 4.61. The molecule has 20 heavy (non-hydrogen) atoms. The number of likely N-dealkylation sites (N-methyl/N-ethyl adjacent to an activating group) is 1. The molecule has 0 aromatic carbocycles. The van der Waals surface area contributed by atoms with Crippen molar-refractivity contribution >= 4 is 16.5 Å². The van der Waals surface area contributed by atoms with Crippen molar-refractivity contribution < 1.29 is 0 Å². The predicted molar refractivity (Wildman–Crippen MR) is 89.9 cm³/mol. The molecule has 1 N–H and O–H groups in total. The molecule has 1 aromatic heterocycles. The van der Waals surface area contributed by atoms with Gasteiger partial charge >= 0.3 is 0 Å². The molecule has 0 aliphatic heterocycles. The fraction of sp³-hybridized carbons (Fsp3) is 0.800. The number of aromatic nitrogens is 1. The zero-order chi connectivity index (χ0) is 15.0. The summed E-state index contributed by atoms with van der Waals surface area (Å²) >= 11 is 1.86. The Morgan fingerprint density at radius 1 is 1.10 bits per heavy atom. The van der Waals surface area contributed by atoms with Gasteiger partial charge in [0.1, 0.15) is 0 Å². The third kappa shape index (κ3) is 5.38. The predicted octanol–water partition coefficient (Wildman–Crippen LogP) is 2.59. The van der Waals surface area contributed by atoms with Crippen LogP contribution in [0.4, 0.5) is 5.13 Å². The molecule has 0 bridgehead atoms. The minimum Gasteiger partial charge on any atom is -0.347 e. The normalized spacial score (nSPS) is 11.3. The van der Waals surface area contributed by atoms with Crippen LogP contribution in [0.25, 0.3) is 0 Å². The highest BCUT2D eigenvalue weighted by Crippen LogP contribution is 2.27. The van der Waals surface area contributed by atoms with Gasteiger partial charge in [0.2, 0.25) is 0 Å². The number of hydrogen-bond acceptors (Lipinski definition) is 5. The number of hydrogen-bond donors (Lipinski definition) is 1. The van der Waals surface area contributed by atoms with Gasteiger partial charge in [0.25, 0.3) is 0 Å². The van der Waals surface area contributed by atoms with Crippen molar-refractivity contribution in [2.75, 3.05) is 45.2 Å². The first-order chi connectivity index (χ1) is 9.62. The van der Waals surface area contributed by atoms with Crippen molar-refractivity contribution in [1.82, 2.24) is 15.2 Å². The third-order valence-electron chi connectivity index (χ3n) is 3.22. The molecule has 0 radical (unpaired) electrons. The van der Waals surface area contributed by atoms with E-state index in [1.807, 2.05) is 11.3 Å². The van der Waals surface area contributed by atoms with Crippen LogP contribution in [-0.4, -0.2) is 50.2 Å². The average molecular weight is 298 g/mol. The smallest absolute Gasteiger partial charge is 0.185 e. The zero-order valence-electron chi connectivity index (χ0n) is 13.7. The van der Waals surface area contributed by atoms with E-state index in [0.717, 1.165) is 45.6 Å². The Hall–Kier alpha value is -0.650. The van der Waals surface area contributed by atoms with Crippen molar-refractivity contribution in [1.29, 1.82) is 0 Å². The monoisotopic (exact) mass is 298 g/mol. The second-order valence-electron chi connectivity index (χ2n) is 5.29. The molecule has 1 aromatic rings. The highest BCUT2D eigenvalue weighted by molar-refractivity contribution is 7.15. The van der Waals surface area contributed by atoms with E-state index in [2.05, 4.69) is 50.0 Å². The van der Waals surface area contributed by atoms with Crippen molar-refractivity contribution in [3.8, 4) is 0 Å². The second-order valence-corrected chi connectivity index (χ2v) is 6.35. The van der Waals surface area contributed by atoms with Crippen LogP contribution in [0.2, 0.25) is 0 Å². The van der Waals surface area contributed by atoms with Crippen molar-refractivity contribution in [2.45, 2.75) is 40.2 Å². The molecule has 0 saturated carbocycles. The number of nitrogens with zero attached hydrogens (tertiary/aromatic N) is 3. The maximum atomic E-state index is 4.86. The Balaban J connectivity index is 2.80. The zero-order valence-corrected chi connectivity index (χ0v) is 14.5. The molecule has 0 atom stereocenters. The van der Waals surface area contributed by atoms with Gasteiger partial charge in [0, 0.05) is 31.1 Å². The van der Waals surface area contributed by atoms with Crippen LogP contribution in [0, 0.1) is 0 Å². The lowest BCUT2D eigenvalue weighted by atomic mass is 10.3. The van der Waals surface area contributed by atoms with E-state index in [1.165, 1.54) is 15.7 Å². The summed E-state index contributed by atoms with van der Waals surface area (Å²) < 4.78 is 0. The van der Waals surface area contributed by atoms with Gasteiger partial charge in [-0.1, -0.05) is 20.8 Å². The summed E-state index contributed by atoms with van der Waals surface area (Å²) in [6.45, 7) is 11.7. The summed E-state index contributed by atoms with van der Waals surface area (Å²) in [6, 6.07) is 0. The van der Waals surface area contributed by atoms with Gasteiger partial charge in [-0.05, 0) is 33.5 Å². The molecule has 0 unspecified atom stereocenters. The average Bonchev–Trinajstić information content (AvgIpc) is 2.84. The van der Waals surface area contributed by atoms with Crippen LogP contribution < -0.4 is 10.2 Å². The van der Waals surface area contributed by atoms with Crippen LogP contribution in [-0.2, 0) is 13.0 Å². The van der Waals surface area contributed by atoms with Gasteiger partial charge in [-0.3, -0.25) is 0 Å². The van der Waals surface area contributed by atoms with Crippen molar-refractivity contribution in [2.24, 2.45) is 0 Å². The van der Waals surface area contributed by atoms with Gasteiger partial charge in [0.15, 0.2) is 5.13 Å². The van der Waals surface area contributed by atoms with E-state index >= 15 is 0 Å². The molecule has 1 rings (SSSR count). The summed E-state index contributed by atoms with van der Waals surface area (Å²) in [7, 11) is 4.25. The van der Waals surface area contributed by atoms with Crippen molar-refractivity contribution in [3.05, 3.63) is 10.6 Å².